The quantitative estimate of drug-likeness (QED) is 0.791. The van der Waals surface area contributed by atoms with E-state index in [0.29, 0.717) is 24.8 Å². The third-order valence-corrected chi connectivity index (χ3v) is 5.39. The Morgan fingerprint density at radius 3 is 2.22 bits per heavy atom. The first-order chi connectivity index (χ1) is 12.3. The molecule has 1 aliphatic carbocycles. The van der Waals surface area contributed by atoms with Gasteiger partial charge in [0.15, 0.2) is 0 Å². The number of carbonyl (C=O) groups is 1. The van der Waals surface area contributed by atoms with Gasteiger partial charge < -0.3 is 10.0 Å². The second kappa shape index (κ2) is 7.70. The van der Waals surface area contributed by atoms with Crippen molar-refractivity contribution in [3.05, 3.63) is 35.4 Å². The van der Waals surface area contributed by atoms with Gasteiger partial charge in [0, 0.05) is 11.6 Å². The van der Waals surface area contributed by atoms with Crippen LogP contribution in [-0.2, 0) is 6.18 Å². The molecule has 1 amide bonds. The number of hydrogen-bond donors (Lipinski definition) is 1. The van der Waals surface area contributed by atoms with Crippen LogP contribution in [0.25, 0.3) is 0 Å². The van der Waals surface area contributed by atoms with Gasteiger partial charge in [0.1, 0.15) is 0 Å². The fourth-order valence-corrected chi connectivity index (χ4v) is 4.18. The van der Waals surface area contributed by atoms with Crippen molar-refractivity contribution in [1.82, 2.24) is 9.80 Å². The van der Waals surface area contributed by atoms with E-state index in [9.17, 15) is 23.1 Å². The molecule has 0 spiro atoms. The maximum atomic E-state index is 13.0. The zero-order chi connectivity index (χ0) is 20.6. The lowest BCUT2D eigenvalue weighted by atomic mass is 9.76. The van der Waals surface area contributed by atoms with Gasteiger partial charge in [-0.25, -0.2) is 4.79 Å². The average Bonchev–Trinajstić information content (AvgIpc) is 2.52. The van der Waals surface area contributed by atoms with Crippen LogP contribution in [0.15, 0.2) is 24.3 Å². The van der Waals surface area contributed by atoms with E-state index in [1.165, 1.54) is 17.0 Å². The first-order valence-electron chi connectivity index (χ1n) is 9.18. The molecule has 0 unspecified atom stereocenters. The van der Waals surface area contributed by atoms with Gasteiger partial charge in [0.25, 0.3) is 0 Å². The molecule has 1 saturated carbocycles. The number of benzene rings is 1. The van der Waals surface area contributed by atoms with E-state index in [4.69, 9.17) is 0 Å². The van der Waals surface area contributed by atoms with E-state index in [1.54, 1.807) is 6.07 Å². The minimum atomic E-state index is -4.36. The van der Waals surface area contributed by atoms with Gasteiger partial charge in [-0.05, 0) is 71.7 Å². The second-order valence-electron chi connectivity index (χ2n) is 8.55. The molecule has 2 rings (SSSR count). The van der Waals surface area contributed by atoms with Crippen LogP contribution in [0.1, 0.15) is 57.1 Å². The van der Waals surface area contributed by atoms with Crippen molar-refractivity contribution >= 4 is 6.09 Å². The molecule has 0 radical (unpaired) electrons. The predicted octanol–water partition coefficient (Wildman–Crippen LogP) is 5.05. The summed E-state index contributed by atoms with van der Waals surface area (Å²) >= 11 is 0. The van der Waals surface area contributed by atoms with Crippen LogP contribution in [0.5, 0.6) is 0 Å². The lowest BCUT2D eigenvalue weighted by Gasteiger charge is -2.48. The zero-order valence-electron chi connectivity index (χ0n) is 16.5. The van der Waals surface area contributed by atoms with Crippen LogP contribution in [0, 0.1) is 0 Å². The molecule has 1 fully saturated rings. The molecule has 4 nitrogen and oxygen atoms in total. The molecule has 1 aromatic carbocycles. The second-order valence-corrected chi connectivity index (χ2v) is 8.55. The van der Waals surface area contributed by atoms with Crippen LogP contribution in [-0.4, -0.2) is 52.7 Å². The Balaban J connectivity index is 2.30. The largest absolute Gasteiger partial charge is 0.465 e. The summed E-state index contributed by atoms with van der Waals surface area (Å²) in [6.07, 6.45) is -3.42. The molecule has 3 atom stereocenters. The maximum absolute atomic E-state index is 13.0. The van der Waals surface area contributed by atoms with E-state index in [1.807, 2.05) is 39.8 Å². The van der Waals surface area contributed by atoms with Gasteiger partial charge in [-0.15, -0.1) is 0 Å². The van der Waals surface area contributed by atoms with Gasteiger partial charge in [-0.1, -0.05) is 18.2 Å². The SMILES string of the molecule is CN(C)[C@H]1C[C@H](c2cccc(C(F)(F)F)c2)CC[C@@H]1N(C(=O)O)C(C)(C)C. The highest BCUT2D eigenvalue weighted by Crippen LogP contribution is 2.40. The number of carboxylic acid groups (broad SMARTS) is 1. The fraction of sp³-hybridized carbons (Fsp3) is 0.650. The number of hydrogen-bond acceptors (Lipinski definition) is 2. The number of amides is 1. The van der Waals surface area contributed by atoms with Crippen molar-refractivity contribution < 1.29 is 23.1 Å². The molecule has 0 heterocycles. The summed E-state index contributed by atoms with van der Waals surface area (Å²) in [6.45, 7) is 5.60. The summed E-state index contributed by atoms with van der Waals surface area (Å²) in [5.41, 5.74) is -0.508. The molecule has 0 saturated heterocycles. The van der Waals surface area contributed by atoms with Crippen molar-refractivity contribution in [3.63, 3.8) is 0 Å². The summed E-state index contributed by atoms with van der Waals surface area (Å²) in [4.78, 5) is 15.4. The van der Waals surface area contributed by atoms with Crippen LogP contribution >= 0.6 is 0 Å². The zero-order valence-corrected chi connectivity index (χ0v) is 16.5. The van der Waals surface area contributed by atoms with Gasteiger partial charge in [-0.2, -0.15) is 13.2 Å². The Bertz CT molecular complexity index is 668. The third kappa shape index (κ3) is 4.94. The Labute approximate surface area is 159 Å². The molecule has 1 aliphatic rings. The van der Waals surface area contributed by atoms with Gasteiger partial charge >= 0.3 is 12.3 Å². The number of nitrogens with zero attached hydrogens (tertiary/aromatic N) is 2. The van der Waals surface area contributed by atoms with Crippen LogP contribution in [0.4, 0.5) is 18.0 Å². The van der Waals surface area contributed by atoms with Crippen molar-refractivity contribution in [2.45, 2.75) is 69.8 Å². The number of alkyl halides is 3. The lowest BCUT2D eigenvalue weighted by molar-refractivity contribution is -0.137. The van der Waals surface area contributed by atoms with E-state index >= 15 is 0 Å². The number of rotatable bonds is 3. The molecule has 27 heavy (non-hydrogen) atoms. The van der Waals surface area contributed by atoms with Crippen LogP contribution in [0.2, 0.25) is 0 Å². The molecule has 7 heteroatoms. The van der Waals surface area contributed by atoms with Crippen molar-refractivity contribution in [2.75, 3.05) is 14.1 Å². The summed E-state index contributed by atoms with van der Waals surface area (Å²) in [6, 6.07) is 5.26. The van der Waals surface area contributed by atoms with Crippen molar-refractivity contribution in [2.24, 2.45) is 0 Å². The average molecular weight is 386 g/mol. The summed E-state index contributed by atoms with van der Waals surface area (Å²) < 4.78 is 39.1. The van der Waals surface area contributed by atoms with E-state index < -0.39 is 23.4 Å². The standard InChI is InChI=1S/C20H29F3N2O2/c1-19(2,3)25(18(26)27)16-10-9-14(12-17(16)24(4)5)13-7-6-8-15(11-13)20(21,22)23/h6-8,11,14,16-17H,9-10,12H2,1-5H3,(H,26,27)/t14-,16+,17+/m1/s1. The van der Waals surface area contributed by atoms with Gasteiger partial charge in [-0.3, -0.25) is 4.90 Å². The van der Waals surface area contributed by atoms with Crippen LogP contribution < -0.4 is 0 Å². The summed E-state index contributed by atoms with van der Waals surface area (Å²) in [5.74, 6) is -0.0217. The Kier molecular flexibility index (Phi) is 6.14. The third-order valence-electron chi connectivity index (χ3n) is 5.39. The van der Waals surface area contributed by atoms with Crippen molar-refractivity contribution in [3.8, 4) is 0 Å². The number of halogens is 3. The minimum absolute atomic E-state index is 0.0217. The molecule has 1 N–H and O–H groups in total. The first-order valence-corrected chi connectivity index (χ1v) is 9.18. The van der Waals surface area contributed by atoms with Gasteiger partial charge in [0.05, 0.1) is 11.6 Å². The highest BCUT2D eigenvalue weighted by molar-refractivity contribution is 5.66. The van der Waals surface area contributed by atoms with Crippen molar-refractivity contribution in [1.29, 1.82) is 0 Å². The Morgan fingerprint density at radius 2 is 1.74 bits per heavy atom. The highest BCUT2D eigenvalue weighted by atomic mass is 19.4. The molecular weight excluding hydrogens is 357 g/mol. The minimum Gasteiger partial charge on any atom is -0.465 e. The summed E-state index contributed by atoms with van der Waals surface area (Å²) in [5, 5.41) is 9.75. The smallest absolute Gasteiger partial charge is 0.416 e. The van der Waals surface area contributed by atoms with E-state index in [-0.39, 0.29) is 18.0 Å². The highest BCUT2D eigenvalue weighted by Gasteiger charge is 2.42. The molecule has 152 valence electrons. The van der Waals surface area contributed by atoms with E-state index in [0.717, 1.165) is 6.07 Å². The van der Waals surface area contributed by atoms with E-state index in [2.05, 4.69) is 0 Å². The van der Waals surface area contributed by atoms with Gasteiger partial charge in [0.2, 0.25) is 0 Å². The number of likely N-dealkylation sites (N-methyl/N-ethyl adjacent to an activating group) is 1. The topological polar surface area (TPSA) is 43.8 Å². The molecule has 0 aliphatic heterocycles. The molecule has 0 bridgehead atoms. The Morgan fingerprint density at radius 1 is 1.11 bits per heavy atom. The maximum Gasteiger partial charge on any atom is 0.416 e. The molecular formula is C20H29F3N2O2. The normalized spacial score (nSPS) is 24.1. The fourth-order valence-electron chi connectivity index (χ4n) is 4.18. The summed E-state index contributed by atoms with van der Waals surface area (Å²) in [7, 11) is 3.80. The van der Waals surface area contributed by atoms with Crippen LogP contribution in [0.3, 0.4) is 0 Å². The Hall–Kier alpha value is -1.76. The predicted molar refractivity (Wildman–Crippen MR) is 98.9 cm³/mol. The first kappa shape index (κ1) is 21.5. The molecule has 1 aromatic rings. The monoisotopic (exact) mass is 386 g/mol. The lowest BCUT2D eigenvalue weighted by Crippen LogP contribution is -2.59. The molecule has 0 aromatic heterocycles.